The smallest absolute Gasteiger partial charge is 0.224 e. The van der Waals surface area contributed by atoms with Gasteiger partial charge >= 0.3 is 0 Å². The van der Waals surface area contributed by atoms with Crippen LogP contribution in [-0.4, -0.2) is 25.7 Å². The number of rotatable bonds is 1. The van der Waals surface area contributed by atoms with Crippen LogP contribution in [0.2, 0.25) is 0 Å². The number of ether oxygens (including phenoxy) is 2. The van der Waals surface area contributed by atoms with Gasteiger partial charge in [-0.1, -0.05) is 0 Å². The first kappa shape index (κ1) is 6.99. The molecule has 1 saturated heterocycles. The summed E-state index contributed by atoms with van der Waals surface area (Å²) in [6.07, 6.45) is 0.211. The lowest BCUT2D eigenvalue weighted by atomic mass is 10.5. The summed E-state index contributed by atoms with van der Waals surface area (Å²) >= 11 is 0. The lowest BCUT2D eigenvalue weighted by molar-refractivity contribution is -0.170. The number of hydrogen-bond acceptors (Lipinski definition) is 3. The van der Waals surface area contributed by atoms with Gasteiger partial charge in [0.25, 0.3) is 0 Å². The maximum absolute atomic E-state index is 5.36. The van der Waals surface area contributed by atoms with Gasteiger partial charge in [-0.25, -0.2) is 0 Å². The monoisotopic (exact) mass is 131 g/mol. The Balaban J connectivity index is 2.45. The van der Waals surface area contributed by atoms with E-state index < -0.39 is 5.91 Å². The summed E-state index contributed by atoms with van der Waals surface area (Å²) in [4.78, 5) is 0. The first-order chi connectivity index (χ1) is 4.16. The minimum Gasteiger partial charge on any atom is -0.335 e. The molecule has 2 atom stereocenters. The summed E-state index contributed by atoms with van der Waals surface area (Å²) in [6.45, 7) is 4.54. The lowest BCUT2D eigenvalue weighted by Crippen LogP contribution is -2.40. The Morgan fingerprint density at radius 2 is 2.33 bits per heavy atom. The molecule has 0 spiro atoms. The van der Waals surface area contributed by atoms with E-state index in [1.807, 2.05) is 20.9 Å². The van der Waals surface area contributed by atoms with Crippen LogP contribution in [0.5, 0.6) is 0 Å². The third-order valence-electron chi connectivity index (χ3n) is 1.47. The minimum absolute atomic E-state index is 0.211. The molecule has 0 aromatic rings. The van der Waals surface area contributed by atoms with E-state index in [1.165, 1.54) is 0 Å². The molecule has 0 saturated carbocycles. The molecule has 2 unspecified atom stereocenters. The van der Waals surface area contributed by atoms with Crippen LogP contribution in [0.4, 0.5) is 0 Å². The minimum atomic E-state index is -0.542. The van der Waals surface area contributed by atoms with E-state index in [9.17, 15) is 0 Å². The zero-order valence-corrected chi connectivity index (χ0v) is 6.10. The highest BCUT2D eigenvalue weighted by molar-refractivity contribution is 4.67. The molecule has 0 aliphatic carbocycles. The van der Waals surface area contributed by atoms with E-state index in [0.29, 0.717) is 6.61 Å². The van der Waals surface area contributed by atoms with Crippen LogP contribution >= 0.6 is 0 Å². The van der Waals surface area contributed by atoms with Gasteiger partial charge < -0.3 is 9.47 Å². The number of nitrogens with one attached hydrogen (secondary N) is 1. The van der Waals surface area contributed by atoms with E-state index in [-0.39, 0.29) is 6.10 Å². The summed E-state index contributed by atoms with van der Waals surface area (Å²) in [5.41, 5.74) is 0. The molecule has 1 fully saturated rings. The summed E-state index contributed by atoms with van der Waals surface area (Å²) in [6, 6.07) is 0. The molecule has 54 valence electrons. The molecule has 3 heteroatoms. The average Bonchev–Trinajstić information content (AvgIpc) is 2.13. The van der Waals surface area contributed by atoms with Crippen molar-refractivity contribution in [3.63, 3.8) is 0 Å². The molecule has 1 rings (SSSR count). The van der Waals surface area contributed by atoms with Gasteiger partial charge in [-0.3, -0.25) is 5.32 Å². The fourth-order valence-electron chi connectivity index (χ4n) is 0.859. The van der Waals surface area contributed by atoms with E-state index in [1.54, 1.807) is 0 Å². The van der Waals surface area contributed by atoms with Gasteiger partial charge in [0.15, 0.2) is 0 Å². The van der Waals surface area contributed by atoms with Gasteiger partial charge in [0.1, 0.15) is 0 Å². The molecule has 1 N–H and O–H groups in total. The van der Waals surface area contributed by atoms with Crippen molar-refractivity contribution < 1.29 is 9.47 Å². The van der Waals surface area contributed by atoms with Crippen molar-refractivity contribution in [3.05, 3.63) is 0 Å². The maximum atomic E-state index is 5.36. The Hall–Kier alpha value is -0.120. The molecular weight excluding hydrogens is 118 g/mol. The predicted octanol–water partition coefficient (Wildman–Crippen LogP) is 0.315. The van der Waals surface area contributed by atoms with Gasteiger partial charge in [0.05, 0.1) is 12.7 Å². The van der Waals surface area contributed by atoms with E-state index >= 15 is 0 Å². The average molecular weight is 131 g/mol. The summed E-state index contributed by atoms with van der Waals surface area (Å²) in [5.74, 6) is -0.542. The SMILES string of the molecule is CNC1(C)OCC(C)O1. The second-order valence-electron chi connectivity index (χ2n) is 2.44. The first-order valence-electron chi connectivity index (χ1n) is 3.17. The quantitative estimate of drug-likeness (QED) is 0.555. The van der Waals surface area contributed by atoms with Crippen molar-refractivity contribution in [2.75, 3.05) is 13.7 Å². The topological polar surface area (TPSA) is 30.5 Å². The molecule has 1 aliphatic heterocycles. The highest BCUT2D eigenvalue weighted by Gasteiger charge is 2.32. The van der Waals surface area contributed by atoms with Crippen LogP contribution in [0.25, 0.3) is 0 Å². The van der Waals surface area contributed by atoms with Gasteiger partial charge in [-0.2, -0.15) is 0 Å². The van der Waals surface area contributed by atoms with Gasteiger partial charge in [-0.05, 0) is 14.0 Å². The molecule has 9 heavy (non-hydrogen) atoms. The van der Waals surface area contributed by atoms with E-state index in [4.69, 9.17) is 9.47 Å². The Morgan fingerprint density at radius 3 is 2.56 bits per heavy atom. The molecule has 0 bridgehead atoms. The van der Waals surface area contributed by atoms with Crippen LogP contribution in [0, 0.1) is 0 Å². The van der Waals surface area contributed by atoms with Crippen molar-refractivity contribution in [3.8, 4) is 0 Å². The number of hydrogen-bond donors (Lipinski definition) is 1. The highest BCUT2D eigenvalue weighted by atomic mass is 16.8. The largest absolute Gasteiger partial charge is 0.335 e. The molecule has 1 heterocycles. The summed E-state index contributed by atoms with van der Waals surface area (Å²) < 4.78 is 10.6. The van der Waals surface area contributed by atoms with Gasteiger partial charge in [0.2, 0.25) is 5.91 Å². The summed E-state index contributed by atoms with van der Waals surface area (Å²) in [5, 5.41) is 2.93. The van der Waals surface area contributed by atoms with Crippen molar-refractivity contribution in [1.29, 1.82) is 0 Å². The van der Waals surface area contributed by atoms with Gasteiger partial charge in [-0.15, -0.1) is 0 Å². The summed E-state index contributed by atoms with van der Waals surface area (Å²) in [7, 11) is 1.82. The van der Waals surface area contributed by atoms with Gasteiger partial charge in [0, 0.05) is 6.92 Å². The lowest BCUT2D eigenvalue weighted by Gasteiger charge is -2.20. The Kier molecular flexibility index (Phi) is 1.75. The van der Waals surface area contributed by atoms with Crippen molar-refractivity contribution in [1.82, 2.24) is 5.32 Å². The molecule has 0 amide bonds. The van der Waals surface area contributed by atoms with Crippen molar-refractivity contribution in [2.24, 2.45) is 0 Å². The van der Waals surface area contributed by atoms with Crippen LogP contribution < -0.4 is 5.32 Å². The fourth-order valence-corrected chi connectivity index (χ4v) is 0.859. The second kappa shape index (κ2) is 2.25. The van der Waals surface area contributed by atoms with Crippen LogP contribution in [-0.2, 0) is 9.47 Å². The molecular formula is C6H13NO2. The molecule has 1 aliphatic rings. The third-order valence-corrected chi connectivity index (χ3v) is 1.47. The van der Waals surface area contributed by atoms with E-state index in [2.05, 4.69) is 5.32 Å². The fraction of sp³-hybridized carbons (Fsp3) is 1.00. The van der Waals surface area contributed by atoms with Crippen LogP contribution in [0.3, 0.4) is 0 Å². The zero-order chi connectivity index (χ0) is 6.91. The normalized spacial score (nSPS) is 43.7. The zero-order valence-electron chi connectivity index (χ0n) is 6.10. The standard InChI is InChI=1S/C6H13NO2/c1-5-4-8-6(2,7-3)9-5/h5,7H,4H2,1-3H3. The Labute approximate surface area is 55.3 Å². The Bertz CT molecular complexity index is 107. The molecule has 3 nitrogen and oxygen atoms in total. The first-order valence-corrected chi connectivity index (χ1v) is 3.17. The second-order valence-corrected chi connectivity index (χ2v) is 2.44. The maximum Gasteiger partial charge on any atom is 0.224 e. The third kappa shape index (κ3) is 1.41. The molecule has 0 aromatic carbocycles. The van der Waals surface area contributed by atoms with Crippen molar-refractivity contribution in [2.45, 2.75) is 25.9 Å². The molecule has 0 radical (unpaired) electrons. The molecule has 0 aromatic heterocycles. The Morgan fingerprint density at radius 1 is 1.67 bits per heavy atom. The predicted molar refractivity (Wildman–Crippen MR) is 34.0 cm³/mol. The van der Waals surface area contributed by atoms with Crippen LogP contribution in [0.1, 0.15) is 13.8 Å². The van der Waals surface area contributed by atoms with Crippen LogP contribution in [0.15, 0.2) is 0 Å². The highest BCUT2D eigenvalue weighted by Crippen LogP contribution is 2.18. The van der Waals surface area contributed by atoms with E-state index in [0.717, 1.165) is 0 Å². The van der Waals surface area contributed by atoms with Crippen molar-refractivity contribution >= 4 is 0 Å².